The van der Waals surface area contributed by atoms with Gasteiger partial charge in [0.15, 0.2) is 0 Å². The minimum Gasteiger partial charge on any atom is -0.296 e. The number of hydrogen-bond donors (Lipinski definition) is 1. The molecule has 0 bridgehead atoms. The first-order chi connectivity index (χ1) is 10.2. The zero-order valence-electron chi connectivity index (χ0n) is 11.4. The summed E-state index contributed by atoms with van der Waals surface area (Å²) in [6.45, 7) is 3.85. The molecule has 0 spiro atoms. The van der Waals surface area contributed by atoms with E-state index in [1.807, 2.05) is 31.4 Å². The van der Waals surface area contributed by atoms with Crippen LogP contribution in [0.15, 0.2) is 17.5 Å². The molecule has 8 heteroatoms. The molecular formula is C13H12N4OS3. The molecule has 0 aromatic carbocycles. The van der Waals surface area contributed by atoms with E-state index in [2.05, 4.69) is 20.5 Å². The summed E-state index contributed by atoms with van der Waals surface area (Å²) >= 11 is 4.42. The fourth-order valence-corrected chi connectivity index (χ4v) is 4.15. The Balaban J connectivity index is 1.81. The van der Waals surface area contributed by atoms with Crippen LogP contribution in [0.3, 0.4) is 0 Å². The zero-order valence-corrected chi connectivity index (χ0v) is 13.9. The molecule has 0 radical (unpaired) electrons. The van der Waals surface area contributed by atoms with Crippen LogP contribution in [0.2, 0.25) is 0 Å². The fourth-order valence-electron chi connectivity index (χ4n) is 1.71. The normalized spacial score (nSPS) is 10.8. The van der Waals surface area contributed by atoms with Crippen LogP contribution in [-0.4, -0.2) is 21.1 Å². The number of hydrogen-bond acceptors (Lipinski definition) is 7. The molecular weight excluding hydrogens is 324 g/mol. The maximum atomic E-state index is 12.3. The van der Waals surface area contributed by atoms with Crippen molar-refractivity contribution in [2.45, 2.75) is 20.3 Å². The molecule has 0 unspecified atom stereocenters. The van der Waals surface area contributed by atoms with Crippen molar-refractivity contribution in [2.24, 2.45) is 0 Å². The molecule has 108 valence electrons. The SMILES string of the molecule is CCc1nnc(NC(=O)c2sc(-c3cccs3)nc2C)s1. The van der Waals surface area contributed by atoms with Crippen LogP contribution in [0.1, 0.15) is 27.3 Å². The lowest BCUT2D eigenvalue weighted by atomic mass is 10.4. The van der Waals surface area contributed by atoms with Crippen molar-refractivity contribution < 1.29 is 4.79 Å². The lowest BCUT2D eigenvalue weighted by Crippen LogP contribution is -2.11. The topological polar surface area (TPSA) is 67.8 Å². The number of aryl methyl sites for hydroxylation is 2. The van der Waals surface area contributed by atoms with E-state index >= 15 is 0 Å². The highest BCUT2D eigenvalue weighted by atomic mass is 32.1. The van der Waals surface area contributed by atoms with Crippen molar-refractivity contribution in [1.82, 2.24) is 15.2 Å². The smallest absolute Gasteiger partial charge is 0.269 e. The molecule has 0 atom stereocenters. The van der Waals surface area contributed by atoms with Crippen LogP contribution < -0.4 is 5.32 Å². The van der Waals surface area contributed by atoms with E-state index in [1.54, 1.807) is 11.3 Å². The molecule has 0 aliphatic heterocycles. The Hall–Kier alpha value is -1.64. The van der Waals surface area contributed by atoms with Gasteiger partial charge in [0.2, 0.25) is 5.13 Å². The van der Waals surface area contributed by atoms with Gasteiger partial charge < -0.3 is 0 Å². The van der Waals surface area contributed by atoms with E-state index in [0.717, 1.165) is 27.0 Å². The third-order valence-corrected chi connectivity index (χ3v) is 5.90. The highest BCUT2D eigenvalue weighted by Crippen LogP contribution is 2.31. The summed E-state index contributed by atoms with van der Waals surface area (Å²) in [4.78, 5) is 18.5. The van der Waals surface area contributed by atoms with Gasteiger partial charge in [-0.25, -0.2) is 4.98 Å². The Bertz CT molecular complexity index is 760. The van der Waals surface area contributed by atoms with Crippen molar-refractivity contribution >= 4 is 45.0 Å². The largest absolute Gasteiger partial charge is 0.296 e. The Morgan fingerprint density at radius 3 is 2.86 bits per heavy atom. The molecule has 1 amide bonds. The highest BCUT2D eigenvalue weighted by molar-refractivity contribution is 7.22. The molecule has 3 aromatic rings. The Labute approximate surface area is 133 Å². The lowest BCUT2D eigenvalue weighted by molar-refractivity contribution is 0.102. The average molecular weight is 336 g/mol. The van der Waals surface area contributed by atoms with Crippen molar-refractivity contribution in [3.8, 4) is 9.88 Å². The van der Waals surface area contributed by atoms with Crippen molar-refractivity contribution in [3.63, 3.8) is 0 Å². The number of nitrogens with zero attached hydrogens (tertiary/aromatic N) is 3. The van der Waals surface area contributed by atoms with Crippen molar-refractivity contribution in [2.75, 3.05) is 5.32 Å². The molecule has 0 fully saturated rings. The average Bonchev–Trinajstić information content (AvgIpc) is 3.17. The number of thiophene rings is 1. The summed E-state index contributed by atoms with van der Waals surface area (Å²) in [7, 11) is 0. The number of amides is 1. The maximum absolute atomic E-state index is 12.3. The number of thiazole rings is 1. The number of anilines is 1. The summed E-state index contributed by atoms with van der Waals surface area (Å²) in [5, 5.41) is 15.1. The predicted octanol–water partition coefficient (Wildman–Crippen LogP) is 3.85. The summed E-state index contributed by atoms with van der Waals surface area (Å²) in [5.41, 5.74) is 0.737. The molecule has 0 aliphatic carbocycles. The molecule has 0 aliphatic rings. The second-order valence-corrected chi connectivity index (χ2v) is 7.23. The van der Waals surface area contributed by atoms with Gasteiger partial charge in [-0.3, -0.25) is 10.1 Å². The summed E-state index contributed by atoms with van der Waals surface area (Å²) in [5.74, 6) is -0.174. The van der Waals surface area contributed by atoms with Crippen LogP contribution >= 0.6 is 34.0 Å². The molecule has 0 saturated heterocycles. The van der Waals surface area contributed by atoms with E-state index in [1.165, 1.54) is 22.7 Å². The molecule has 1 N–H and O–H groups in total. The van der Waals surface area contributed by atoms with E-state index in [-0.39, 0.29) is 5.91 Å². The Kier molecular flexibility index (Phi) is 4.09. The molecule has 3 aromatic heterocycles. The van der Waals surface area contributed by atoms with Crippen LogP contribution in [0.4, 0.5) is 5.13 Å². The highest BCUT2D eigenvalue weighted by Gasteiger charge is 2.18. The fraction of sp³-hybridized carbons (Fsp3) is 0.231. The van der Waals surface area contributed by atoms with Gasteiger partial charge in [-0.1, -0.05) is 24.3 Å². The van der Waals surface area contributed by atoms with Gasteiger partial charge >= 0.3 is 0 Å². The monoisotopic (exact) mass is 336 g/mol. The predicted molar refractivity (Wildman–Crippen MR) is 87.4 cm³/mol. The zero-order chi connectivity index (χ0) is 14.8. The summed E-state index contributed by atoms with van der Waals surface area (Å²) < 4.78 is 0. The molecule has 3 rings (SSSR count). The first kappa shape index (κ1) is 14.3. The molecule has 3 heterocycles. The Morgan fingerprint density at radius 2 is 2.19 bits per heavy atom. The van der Waals surface area contributed by atoms with E-state index in [9.17, 15) is 4.79 Å². The van der Waals surface area contributed by atoms with Crippen LogP contribution in [-0.2, 0) is 6.42 Å². The van der Waals surface area contributed by atoms with Gasteiger partial charge in [-0.05, 0) is 24.8 Å². The van der Waals surface area contributed by atoms with Crippen molar-refractivity contribution in [1.29, 1.82) is 0 Å². The lowest BCUT2D eigenvalue weighted by Gasteiger charge is -1.97. The Morgan fingerprint density at radius 1 is 1.33 bits per heavy atom. The van der Waals surface area contributed by atoms with Gasteiger partial charge in [-0.15, -0.1) is 32.9 Å². The molecule has 21 heavy (non-hydrogen) atoms. The third kappa shape index (κ3) is 3.02. The number of carbonyl (C=O) groups is 1. The van der Waals surface area contributed by atoms with Crippen LogP contribution in [0.25, 0.3) is 9.88 Å². The van der Waals surface area contributed by atoms with Gasteiger partial charge in [0.25, 0.3) is 5.91 Å². The number of aromatic nitrogens is 3. The van der Waals surface area contributed by atoms with Crippen LogP contribution in [0, 0.1) is 6.92 Å². The third-order valence-electron chi connectivity index (χ3n) is 2.72. The second kappa shape index (κ2) is 6.00. The number of rotatable bonds is 4. The summed E-state index contributed by atoms with van der Waals surface area (Å²) in [6.07, 6.45) is 0.815. The standard InChI is InChI=1S/C13H12N4OS3/c1-3-9-16-17-13(20-9)15-11(18)10-7(2)14-12(21-10)8-5-4-6-19-8/h4-6H,3H2,1-2H3,(H,15,17,18). The minimum atomic E-state index is -0.174. The van der Waals surface area contributed by atoms with Gasteiger partial charge in [0.05, 0.1) is 10.6 Å². The van der Waals surface area contributed by atoms with Gasteiger partial charge in [-0.2, -0.15) is 0 Å². The second-order valence-electron chi connectivity index (χ2n) is 4.22. The molecule has 0 saturated carbocycles. The van der Waals surface area contributed by atoms with E-state index in [0.29, 0.717) is 10.0 Å². The first-order valence-electron chi connectivity index (χ1n) is 6.32. The van der Waals surface area contributed by atoms with E-state index in [4.69, 9.17) is 0 Å². The minimum absolute atomic E-state index is 0.174. The first-order valence-corrected chi connectivity index (χ1v) is 8.83. The number of carbonyl (C=O) groups excluding carboxylic acids is 1. The van der Waals surface area contributed by atoms with Crippen molar-refractivity contribution in [3.05, 3.63) is 33.1 Å². The molecule has 5 nitrogen and oxygen atoms in total. The summed E-state index contributed by atoms with van der Waals surface area (Å²) in [6, 6.07) is 3.98. The van der Waals surface area contributed by atoms with Gasteiger partial charge in [0.1, 0.15) is 14.9 Å². The van der Waals surface area contributed by atoms with E-state index < -0.39 is 0 Å². The quantitative estimate of drug-likeness (QED) is 0.786. The number of nitrogens with one attached hydrogen (secondary N) is 1. The maximum Gasteiger partial charge on any atom is 0.269 e. The van der Waals surface area contributed by atoms with Crippen LogP contribution in [0.5, 0.6) is 0 Å². The van der Waals surface area contributed by atoms with Gasteiger partial charge in [0, 0.05) is 0 Å².